The first-order valence-corrected chi connectivity index (χ1v) is 11.2. The zero-order valence-corrected chi connectivity index (χ0v) is 18.9. The third-order valence-corrected chi connectivity index (χ3v) is 6.75. The number of halogens is 3. The van der Waals surface area contributed by atoms with E-state index < -0.39 is 23.8 Å². The van der Waals surface area contributed by atoms with E-state index in [-0.39, 0.29) is 23.7 Å². The summed E-state index contributed by atoms with van der Waals surface area (Å²) in [6.07, 6.45) is -3.06. The van der Waals surface area contributed by atoms with Crippen LogP contribution < -0.4 is 0 Å². The Morgan fingerprint density at radius 3 is 2.47 bits per heavy atom. The van der Waals surface area contributed by atoms with Gasteiger partial charge in [0.25, 0.3) is 0 Å². The summed E-state index contributed by atoms with van der Waals surface area (Å²) < 4.78 is 43.8. The van der Waals surface area contributed by atoms with E-state index in [1.165, 1.54) is 23.9 Å². The fourth-order valence-electron chi connectivity index (χ4n) is 3.79. The van der Waals surface area contributed by atoms with Crippen LogP contribution in [0.25, 0.3) is 11.6 Å². The molecule has 1 N–H and O–H groups in total. The maximum Gasteiger partial charge on any atom is 0.416 e. The Bertz CT molecular complexity index is 1060. The highest BCUT2D eigenvalue weighted by molar-refractivity contribution is 7.99. The average Bonchev–Trinajstić information content (AvgIpc) is 2.72. The van der Waals surface area contributed by atoms with E-state index in [1.54, 1.807) is 6.08 Å². The molecule has 0 saturated heterocycles. The van der Waals surface area contributed by atoms with Gasteiger partial charge in [-0.15, -0.1) is 11.8 Å². The second-order valence-electron chi connectivity index (χ2n) is 8.03. The molecular weight excluding hydrogens is 437 g/mol. The van der Waals surface area contributed by atoms with E-state index in [0.29, 0.717) is 16.2 Å². The molecule has 3 rings (SSSR count). The molecule has 1 aliphatic heterocycles. The van der Waals surface area contributed by atoms with Crippen LogP contribution in [0.5, 0.6) is 0 Å². The van der Waals surface area contributed by atoms with E-state index in [4.69, 9.17) is 4.74 Å². The lowest BCUT2D eigenvalue weighted by atomic mass is 9.89. The number of benzene rings is 2. The van der Waals surface area contributed by atoms with Gasteiger partial charge in [0.2, 0.25) is 0 Å². The Morgan fingerprint density at radius 1 is 1.25 bits per heavy atom. The number of thioether (sulfide) groups is 1. The smallest absolute Gasteiger partial charge is 0.416 e. The van der Waals surface area contributed by atoms with Crippen LogP contribution in [0.4, 0.5) is 13.2 Å². The van der Waals surface area contributed by atoms with Gasteiger partial charge < -0.3 is 9.84 Å². The van der Waals surface area contributed by atoms with Crippen molar-refractivity contribution in [2.24, 2.45) is 5.92 Å². The Balaban J connectivity index is 1.73. The highest BCUT2D eigenvalue weighted by atomic mass is 32.2. The highest BCUT2D eigenvalue weighted by Crippen LogP contribution is 2.36. The number of carbonyl (C=O) groups is 1. The first-order chi connectivity index (χ1) is 15.0. The van der Waals surface area contributed by atoms with Gasteiger partial charge in [-0.2, -0.15) is 13.2 Å². The van der Waals surface area contributed by atoms with Crippen molar-refractivity contribution in [2.45, 2.75) is 44.4 Å². The van der Waals surface area contributed by atoms with Crippen molar-refractivity contribution in [2.75, 3.05) is 5.75 Å². The maximum atomic E-state index is 12.8. The molecule has 0 saturated carbocycles. The number of aliphatic hydroxyl groups is 1. The molecule has 170 valence electrons. The lowest BCUT2D eigenvalue weighted by Gasteiger charge is -2.29. The van der Waals surface area contributed by atoms with Gasteiger partial charge in [-0.05, 0) is 49.2 Å². The normalized spacial score (nSPS) is 17.8. The third kappa shape index (κ3) is 5.21. The molecule has 1 aliphatic rings. The Labute approximate surface area is 190 Å². The van der Waals surface area contributed by atoms with E-state index in [2.05, 4.69) is 6.58 Å². The lowest BCUT2D eigenvalue weighted by molar-refractivity contribution is -0.145. The van der Waals surface area contributed by atoms with Gasteiger partial charge in [0, 0.05) is 28.6 Å². The van der Waals surface area contributed by atoms with Gasteiger partial charge in [-0.25, -0.2) is 4.79 Å². The van der Waals surface area contributed by atoms with Gasteiger partial charge in [0.15, 0.2) is 0 Å². The molecule has 7 heteroatoms. The second kappa shape index (κ2) is 9.45. The summed E-state index contributed by atoms with van der Waals surface area (Å²) in [6, 6.07) is 8.80. The molecule has 0 amide bonds. The number of carbonyl (C=O) groups excluding carboxylic acids is 1. The molecule has 1 heterocycles. The number of alkyl halides is 3. The molecule has 0 aromatic heterocycles. The molecule has 32 heavy (non-hydrogen) atoms. The maximum absolute atomic E-state index is 12.8. The molecule has 0 aliphatic carbocycles. The Kier molecular flexibility index (Phi) is 7.08. The molecule has 0 spiro atoms. The zero-order valence-electron chi connectivity index (χ0n) is 18.1. The van der Waals surface area contributed by atoms with E-state index in [1.807, 2.05) is 32.9 Å². The number of esters is 1. The molecule has 2 aromatic rings. The largest absolute Gasteiger partial charge is 0.511 e. The Hall–Kier alpha value is -2.67. The van der Waals surface area contributed by atoms with Gasteiger partial charge in [-0.3, -0.25) is 0 Å². The summed E-state index contributed by atoms with van der Waals surface area (Å²) >= 11 is 1.38. The van der Waals surface area contributed by atoms with Crippen molar-refractivity contribution in [3.8, 4) is 0 Å². The first-order valence-electron chi connectivity index (χ1n) is 10.2. The van der Waals surface area contributed by atoms with Gasteiger partial charge >= 0.3 is 12.1 Å². The summed E-state index contributed by atoms with van der Waals surface area (Å²) in [5, 5.41) is 10.7. The summed E-state index contributed by atoms with van der Waals surface area (Å²) in [5.41, 5.74) is 2.73. The number of hydrogen-bond donors (Lipinski definition) is 1. The molecule has 0 fully saturated rings. The molecule has 0 radical (unpaired) electrons. The molecule has 2 unspecified atom stereocenters. The van der Waals surface area contributed by atoms with Crippen molar-refractivity contribution in [1.82, 2.24) is 0 Å². The monoisotopic (exact) mass is 462 g/mol. The van der Waals surface area contributed by atoms with Crippen LogP contribution >= 0.6 is 11.8 Å². The van der Waals surface area contributed by atoms with Crippen molar-refractivity contribution in [3.05, 3.63) is 76.6 Å². The molecule has 2 aromatic carbocycles. The van der Waals surface area contributed by atoms with Crippen molar-refractivity contribution in [1.29, 1.82) is 0 Å². The number of rotatable bonds is 6. The van der Waals surface area contributed by atoms with Crippen LogP contribution in [0.15, 0.2) is 53.6 Å². The summed E-state index contributed by atoms with van der Waals surface area (Å²) in [4.78, 5) is 13.5. The first kappa shape index (κ1) is 24.0. The van der Waals surface area contributed by atoms with Gasteiger partial charge in [0.1, 0.15) is 17.4 Å². The topological polar surface area (TPSA) is 46.5 Å². The van der Waals surface area contributed by atoms with Crippen LogP contribution in [-0.4, -0.2) is 22.9 Å². The third-order valence-electron chi connectivity index (χ3n) is 5.46. The van der Waals surface area contributed by atoms with E-state index in [0.717, 1.165) is 28.8 Å². The summed E-state index contributed by atoms with van der Waals surface area (Å²) in [7, 11) is 0. The molecule has 3 nitrogen and oxygen atoms in total. The standard InChI is InChI=1S/C25H25F3O3S/c1-5-17-11-14(2)10-15(3)22(17)23-20(29)12-21(31-24(23)30)16(4)13-32-19-8-6-18(7-9-19)25(26,27)28/h5-11,16,21,29H,1,12-13H2,2-4H3. The summed E-state index contributed by atoms with van der Waals surface area (Å²) in [5.74, 6) is -0.200. The van der Waals surface area contributed by atoms with Crippen LogP contribution in [0.2, 0.25) is 0 Å². The fraction of sp³-hybridized carbons (Fsp3) is 0.320. The van der Waals surface area contributed by atoms with Crippen LogP contribution in [-0.2, 0) is 15.7 Å². The number of aliphatic hydroxyl groups excluding tert-OH is 1. The van der Waals surface area contributed by atoms with Crippen LogP contribution in [0.1, 0.15) is 41.2 Å². The zero-order chi connectivity index (χ0) is 23.6. The van der Waals surface area contributed by atoms with E-state index in [9.17, 15) is 23.1 Å². The fourth-order valence-corrected chi connectivity index (χ4v) is 4.79. The number of cyclic esters (lactones) is 1. The lowest BCUT2D eigenvalue weighted by Crippen LogP contribution is -2.32. The second-order valence-corrected chi connectivity index (χ2v) is 9.12. The van der Waals surface area contributed by atoms with Gasteiger partial charge in [-0.1, -0.05) is 37.3 Å². The predicted molar refractivity (Wildman–Crippen MR) is 121 cm³/mol. The van der Waals surface area contributed by atoms with Crippen LogP contribution in [0, 0.1) is 19.8 Å². The quantitative estimate of drug-likeness (QED) is 0.372. The van der Waals surface area contributed by atoms with Crippen molar-refractivity contribution < 1.29 is 27.8 Å². The number of hydrogen-bond acceptors (Lipinski definition) is 4. The Morgan fingerprint density at radius 2 is 1.91 bits per heavy atom. The summed E-state index contributed by atoms with van der Waals surface area (Å²) in [6.45, 7) is 9.52. The molecule has 2 atom stereocenters. The molecule has 0 bridgehead atoms. The number of aryl methyl sites for hydroxylation is 2. The number of ether oxygens (including phenoxy) is 1. The predicted octanol–water partition coefficient (Wildman–Crippen LogP) is 6.98. The SMILES string of the molecule is C=Cc1cc(C)cc(C)c1C1=C(O)CC(C(C)CSc2ccc(C(F)(F)F)cc2)OC1=O. The highest BCUT2D eigenvalue weighted by Gasteiger charge is 2.34. The van der Waals surface area contributed by atoms with Gasteiger partial charge in [0.05, 0.1) is 5.56 Å². The van der Waals surface area contributed by atoms with Crippen molar-refractivity contribution >= 4 is 29.4 Å². The molecular formula is C25H25F3O3S. The average molecular weight is 463 g/mol. The van der Waals surface area contributed by atoms with Crippen molar-refractivity contribution in [3.63, 3.8) is 0 Å². The van der Waals surface area contributed by atoms with Crippen LogP contribution in [0.3, 0.4) is 0 Å². The minimum absolute atomic E-state index is 0.0207. The van der Waals surface area contributed by atoms with E-state index >= 15 is 0 Å². The minimum Gasteiger partial charge on any atom is -0.511 e. The minimum atomic E-state index is -4.37.